The Morgan fingerprint density at radius 1 is 1.23 bits per heavy atom. The normalized spacial score (nSPS) is 13.2. The van der Waals surface area contributed by atoms with Gasteiger partial charge in [-0.25, -0.2) is 0 Å². The molecule has 2 N–H and O–H groups in total. The third-order valence-electron chi connectivity index (χ3n) is 1.82. The first-order valence-electron chi connectivity index (χ1n) is 4.78. The molecule has 0 saturated carbocycles. The van der Waals surface area contributed by atoms with Crippen LogP contribution < -0.4 is 5.32 Å². The van der Waals surface area contributed by atoms with Crippen molar-refractivity contribution in [1.82, 2.24) is 5.32 Å². The van der Waals surface area contributed by atoms with Gasteiger partial charge >= 0.3 is 0 Å². The fraction of sp³-hybridized carbons (Fsp3) is 1.00. The number of aliphatic hydroxyl groups is 1. The second kappa shape index (κ2) is 9.92. The van der Waals surface area contributed by atoms with Crippen molar-refractivity contribution in [3.8, 4) is 0 Å². The number of likely N-dealkylation sites (N-methyl/N-ethyl adjacent to an activating group) is 1. The van der Waals surface area contributed by atoms with E-state index >= 15 is 0 Å². The lowest BCUT2D eigenvalue weighted by Crippen LogP contribution is -2.30. The fourth-order valence-corrected chi connectivity index (χ4v) is 0.917. The second-order valence-electron chi connectivity index (χ2n) is 2.77. The lowest BCUT2D eigenvalue weighted by molar-refractivity contribution is 0.0471. The van der Waals surface area contributed by atoms with Crippen molar-refractivity contribution < 1.29 is 14.6 Å². The maximum absolute atomic E-state index is 8.82. The van der Waals surface area contributed by atoms with E-state index in [1.807, 2.05) is 14.0 Å². The lowest BCUT2D eigenvalue weighted by atomic mass is 10.2. The van der Waals surface area contributed by atoms with Crippen LogP contribution in [0.4, 0.5) is 0 Å². The predicted molar refractivity (Wildman–Crippen MR) is 51.9 cm³/mol. The van der Waals surface area contributed by atoms with Crippen LogP contribution in [0.15, 0.2) is 0 Å². The Bertz CT molecular complexity index is 96.9. The van der Waals surface area contributed by atoms with Gasteiger partial charge in [0.1, 0.15) is 0 Å². The van der Waals surface area contributed by atoms with Crippen molar-refractivity contribution in [3.63, 3.8) is 0 Å². The summed E-state index contributed by atoms with van der Waals surface area (Å²) in [6.45, 7) is 4.81. The van der Waals surface area contributed by atoms with Crippen LogP contribution in [-0.4, -0.2) is 51.2 Å². The van der Waals surface area contributed by atoms with Crippen LogP contribution in [0.1, 0.15) is 13.3 Å². The molecule has 0 spiro atoms. The van der Waals surface area contributed by atoms with Gasteiger partial charge in [0.25, 0.3) is 0 Å². The van der Waals surface area contributed by atoms with Crippen LogP contribution in [-0.2, 0) is 9.47 Å². The molecule has 0 aromatic rings. The molecule has 4 nitrogen and oxygen atoms in total. The molecule has 0 saturated heterocycles. The maximum Gasteiger partial charge on any atom is 0.0700 e. The minimum atomic E-state index is 0.145. The minimum Gasteiger partial charge on any atom is -0.395 e. The van der Waals surface area contributed by atoms with Crippen molar-refractivity contribution in [2.45, 2.75) is 19.4 Å². The Morgan fingerprint density at radius 2 is 1.92 bits per heavy atom. The molecule has 0 aromatic heterocycles. The second-order valence-corrected chi connectivity index (χ2v) is 2.77. The number of nitrogens with one attached hydrogen (secondary N) is 1. The predicted octanol–water partition coefficient (Wildman–Crippen LogP) is 0.00990. The topological polar surface area (TPSA) is 50.7 Å². The van der Waals surface area contributed by atoms with E-state index in [1.54, 1.807) is 0 Å². The van der Waals surface area contributed by atoms with Crippen molar-refractivity contribution in [1.29, 1.82) is 0 Å². The summed E-state index contributed by atoms with van der Waals surface area (Å²) >= 11 is 0. The van der Waals surface area contributed by atoms with E-state index in [2.05, 4.69) is 5.32 Å². The summed E-state index contributed by atoms with van der Waals surface area (Å²) in [6, 6.07) is 0.145. The molecule has 1 atom stereocenters. The highest BCUT2D eigenvalue weighted by Crippen LogP contribution is 1.90. The van der Waals surface area contributed by atoms with Gasteiger partial charge in [0, 0.05) is 19.3 Å². The van der Waals surface area contributed by atoms with Crippen LogP contribution in [0.2, 0.25) is 0 Å². The third kappa shape index (κ3) is 8.18. The van der Waals surface area contributed by atoms with Gasteiger partial charge < -0.3 is 19.9 Å². The highest BCUT2D eigenvalue weighted by molar-refractivity contribution is 4.60. The summed E-state index contributed by atoms with van der Waals surface area (Å²) in [5.41, 5.74) is 0. The molecule has 4 heteroatoms. The first kappa shape index (κ1) is 12.8. The lowest BCUT2D eigenvalue weighted by Gasteiger charge is -2.12. The Kier molecular flexibility index (Phi) is 9.80. The zero-order valence-corrected chi connectivity index (χ0v) is 8.58. The van der Waals surface area contributed by atoms with Crippen LogP contribution in [0.25, 0.3) is 0 Å². The highest BCUT2D eigenvalue weighted by Gasteiger charge is 2.02. The Morgan fingerprint density at radius 3 is 2.46 bits per heavy atom. The Hall–Kier alpha value is -0.160. The van der Waals surface area contributed by atoms with E-state index < -0.39 is 0 Å². The molecule has 0 amide bonds. The van der Waals surface area contributed by atoms with Crippen molar-refractivity contribution in [3.05, 3.63) is 0 Å². The molecule has 0 aliphatic heterocycles. The summed E-state index contributed by atoms with van der Waals surface area (Å²) in [6.07, 6.45) is 0.832. The van der Waals surface area contributed by atoms with E-state index in [4.69, 9.17) is 14.6 Å². The van der Waals surface area contributed by atoms with E-state index in [1.165, 1.54) is 0 Å². The summed E-state index contributed by atoms with van der Waals surface area (Å²) in [5.74, 6) is 0. The smallest absolute Gasteiger partial charge is 0.0700 e. The number of ether oxygens (including phenoxy) is 2. The van der Waals surface area contributed by atoms with E-state index in [-0.39, 0.29) is 12.6 Å². The molecule has 1 unspecified atom stereocenters. The van der Waals surface area contributed by atoms with Gasteiger partial charge in [0.15, 0.2) is 0 Å². The molecular weight excluding hydrogens is 170 g/mol. The molecular formula is C9H21NO3. The highest BCUT2D eigenvalue weighted by atomic mass is 16.5. The molecule has 0 aromatic carbocycles. The number of rotatable bonds is 9. The molecule has 0 aliphatic carbocycles. The summed E-state index contributed by atoms with van der Waals surface area (Å²) in [7, 11) is 1.83. The van der Waals surface area contributed by atoms with E-state index in [0.717, 1.165) is 13.0 Å². The Balaban J connectivity index is 3.05. The van der Waals surface area contributed by atoms with E-state index in [0.29, 0.717) is 19.8 Å². The van der Waals surface area contributed by atoms with Gasteiger partial charge in [-0.15, -0.1) is 0 Å². The molecule has 13 heavy (non-hydrogen) atoms. The maximum atomic E-state index is 8.82. The van der Waals surface area contributed by atoms with Gasteiger partial charge in [-0.1, -0.05) is 0 Å². The molecule has 0 bridgehead atoms. The molecule has 0 radical (unpaired) electrons. The van der Waals surface area contributed by atoms with E-state index in [9.17, 15) is 0 Å². The van der Waals surface area contributed by atoms with Gasteiger partial charge in [-0.2, -0.15) is 0 Å². The third-order valence-corrected chi connectivity index (χ3v) is 1.82. The van der Waals surface area contributed by atoms with Crippen LogP contribution in [0.5, 0.6) is 0 Å². The SMILES string of the molecule is CCOCCOCCC(CO)NC. The van der Waals surface area contributed by atoms with Crippen molar-refractivity contribution in [2.75, 3.05) is 40.1 Å². The first-order valence-corrected chi connectivity index (χ1v) is 4.78. The molecule has 0 rings (SSSR count). The average Bonchev–Trinajstić information content (AvgIpc) is 2.17. The minimum absolute atomic E-state index is 0.145. The quantitative estimate of drug-likeness (QED) is 0.504. The largest absolute Gasteiger partial charge is 0.395 e. The molecule has 0 aliphatic rings. The number of hydrogen-bond acceptors (Lipinski definition) is 4. The monoisotopic (exact) mass is 191 g/mol. The number of aliphatic hydroxyl groups excluding tert-OH is 1. The zero-order valence-electron chi connectivity index (χ0n) is 8.58. The summed E-state index contributed by atoms with van der Waals surface area (Å²) < 4.78 is 10.4. The first-order chi connectivity index (χ1) is 6.35. The van der Waals surface area contributed by atoms with Gasteiger partial charge in [-0.05, 0) is 20.4 Å². The zero-order chi connectivity index (χ0) is 9.94. The standard InChI is InChI=1S/C9H21NO3/c1-3-12-6-7-13-5-4-9(8-11)10-2/h9-11H,3-8H2,1-2H3. The molecule has 0 fully saturated rings. The van der Waals surface area contributed by atoms with Gasteiger partial charge in [0.2, 0.25) is 0 Å². The summed E-state index contributed by atoms with van der Waals surface area (Å²) in [5, 5.41) is 11.8. The average molecular weight is 191 g/mol. The van der Waals surface area contributed by atoms with Crippen LogP contribution in [0, 0.1) is 0 Å². The van der Waals surface area contributed by atoms with Gasteiger partial charge in [0.05, 0.1) is 19.8 Å². The fourth-order valence-electron chi connectivity index (χ4n) is 0.917. The van der Waals surface area contributed by atoms with Crippen LogP contribution >= 0.6 is 0 Å². The molecule has 80 valence electrons. The number of hydrogen-bond donors (Lipinski definition) is 2. The Labute approximate surface area is 80.2 Å². The molecule has 0 heterocycles. The summed E-state index contributed by atoms with van der Waals surface area (Å²) in [4.78, 5) is 0. The van der Waals surface area contributed by atoms with Gasteiger partial charge in [-0.3, -0.25) is 0 Å². The van der Waals surface area contributed by atoms with Crippen molar-refractivity contribution >= 4 is 0 Å². The van der Waals surface area contributed by atoms with Crippen molar-refractivity contribution in [2.24, 2.45) is 0 Å². The van der Waals surface area contributed by atoms with Crippen LogP contribution in [0.3, 0.4) is 0 Å².